The lowest BCUT2D eigenvalue weighted by Crippen LogP contribution is -2.35. The fourth-order valence-electron chi connectivity index (χ4n) is 5.91. The molecule has 0 aromatic carbocycles. The van der Waals surface area contributed by atoms with Gasteiger partial charge >= 0.3 is 19.8 Å². The summed E-state index contributed by atoms with van der Waals surface area (Å²) in [6.07, 6.45) is 26.9. The number of phosphoric acid groups is 1. The molecule has 12 heteroatoms. The van der Waals surface area contributed by atoms with Gasteiger partial charge in [-0.2, -0.15) is 0 Å². The first-order chi connectivity index (χ1) is 24.7. The normalized spacial score (nSPS) is 14.5. The van der Waals surface area contributed by atoms with E-state index in [2.05, 4.69) is 13.8 Å². The van der Waals surface area contributed by atoms with Gasteiger partial charge < -0.3 is 29.7 Å². The summed E-state index contributed by atoms with van der Waals surface area (Å²) < 4.78 is 33.0. The molecule has 0 aromatic rings. The standard InChI is InChI=1S/C39H77O11P/c1-3-5-7-9-11-13-15-17-19-21-23-25-27-29-38(43)47-33-35(34-48-51(45,46)50-37(32-41)36(42)31-40)49-39(44)30-28-26-24-22-20-18-16-14-12-10-8-6-4-2/h35-37,40-42H,3-34H2,1-2H3,(H,45,46)/t35-,36-,37-/m1/s1. The van der Waals surface area contributed by atoms with Crippen molar-refractivity contribution >= 4 is 19.8 Å². The second-order valence-corrected chi connectivity index (χ2v) is 15.5. The smallest absolute Gasteiger partial charge is 0.462 e. The molecule has 0 saturated heterocycles. The first kappa shape index (κ1) is 49.9. The van der Waals surface area contributed by atoms with E-state index in [1.54, 1.807) is 0 Å². The lowest BCUT2D eigenvalue weighted by Gasteiger charge is -2.24. The van der Waals surface area contributed by atoms with Gasteiger partial charge in [0, 0.05) is 12.8 Å². The minimum atomic E-state index is -4.83. The van der Waals surface area contributed by atoms with Crippen LogP contribution in [0.15, 0.2) is 0 Å². The van der Waals surface area contributed by atoms with Gasteiger partial charge in [-0.25, -0.2) is 4.57 Å². The Bertz CT molecular complexity index is 844. The van der Waals surface area contributed by atoms with Crippen LogP contribution in [-0.2, 0) is 32.7 Å². The number of carbonyl (C=O) groups excluding carboxylic acids is 2. The predicted octanol–water partition coefficient (Wildman–Crippen LogP) is 9.25. The van der Waals surface area contributed by atoms with Crippen LogP contribution in [0.1, 0.15) is 194 Å². The molecule has 0 rings (SSSR count). The van der Waals surface area contributed by atoms with Gasteiger partial charge in [-0.3, -0.25) is 18.6 Å². The summed E-state index contributed by atoms with van der Waals surface area (Å²) >= 11 is 0. The summed E-state index contributed by atoms with van der Waals surface area (Å²) in [5.74, 6) is -0.984. The Morgan fingerprint density at radius 3 is 1.29 bits per heavy atom. The highest BCUT2D eigenvalue weighted by Crippen LogP contribution is 2.45. The third-order valence-electron chi connectivity index (χ3n) is 9.19. The number of aliphatic hydroxyl groups excluding tert-OH is 3. The number of rotatable bonds is 39. The Labute approximate surface area is 310 Å². The molecule has 0 saturated carbocycles. The fourth-order valence-corrected chi connectivity index (χ4v) is 6.88. The predicted molar refractivity (Wildman–Crippen MR) is 202 cm³/mol. The van der Waals surface area contributed by atoms with Crippen LogP contribution in [0.3, 0.4) is 0 Å². The van der Waals surface area contributed by atoms with Crippen LogP contribution in [0.5, 0.6) is 0 Å². The average Bonchev–Trinajstić information content (AvgIpc) is 3.12. The van der Waals surface area contributed by atoms with Crippen molar-refractivity contribution in [1.82, 2.24) is 0 Å². The van der Waals surface area contributed by atoms with Crippen LogP contribution >= 0.6 is 7.82 Å². The van der Waals surface area contributed by atoms with E-state index in [9.17, 15) is 29.3 Å². The number of hydrogen-bond donors (Lipinski definition) is 4. The topological polar surface area (TPSA) is 169 Å². The quantitative estimate of drug-likeness (QED) is 0.0268. The molecule has 11 nitrogen and oxygen atoms in total. The molecule has 0 heterocycles. The molecule has 0 fully saturated rings. The highest BCUT2D eigenvalue weighted by atomic mass is 31.2. The van der Waals surface area contributed by atoms with Crippen molar-refractivity contribution in [3.8, 4) is 0 Å². The van der Waals surface area contributed by atoms with Crippen LogP contribution in [-0.4, -0.2) is 76.9 Å². The first-order valence-electron chi connectivity index (χ1n) is 20.6. The molecular formula is C39H77O11P. The third-order valence-corrected chi connectivity index (χ3v) is 10.2. The zero-order valence-corrected chi connectivity index (χ0v) is 33.3. The van der Waals surface area contributed by atoms with Crippen molar-refractivity contribution in [2.75, 3.05) is 26.4 Å². The molecule has 1 unspecified atom stereocenters. The molecule has 0 bridgehead atoms. The van der Waals surface area contributed by atoms with Gasteiger partial charge in [0.2, 0.25) is 0 Å². The molecule has 0 aromatic heterocycles. The van der Waals surface area contributed by atoms with Crippen molar-refractivity contribution in [1.29, 1.82) is 0 Å². The van der Waals surface area contributed by atoms with Crippen LogP contribution in [0.4, 0.5) is 0 Å². The van der Waals surface area contributed by atoms with E-state index in [4.69, 9.17) is 23.6 Å². The molecule has 4 atom stereocenters. The lowest BCUT2D eigenvalue weighted by atomic mass is 10.0. The number of aliphatic hydroxyl groups is 3. The fraction of sp³-hybridized carbons (Fsp3) is 0.949. The summed E-state index contributed by atoms with van der Waals surface area (Å²) in [5, 5.41) is 28.1. The van der Waals surface area contributed by atoms with E-state index < -0.39 is 57.9 Å². The van der Waals surface area contributed by atoms with Crippen molar-refractivity contribution in [2.24, 2.45) is 0 Å². The maximum atomic E-state index is 12.6. The maximum absolute atomic E-state index is 12.6. The molecular weight excluding hydrogens is 675 g/mol. The van der Waals surface area contributed by atoms with Gasteiger partial charge in [-0.05, 0) is 12.8 Å². The average molecular weight is 753 g/mol. The van der Waals surface area contributed by atoms with Gasteiger partial charge in [0.25, 0.3) is 0 Å². The summed E-state index contributed by atoms with van der Waals surface area (Å²) in [6, 6.07) is 0. The Morgan fingerprint density at radius 1 is 0.549 bits per heavy atom. The van der Waals surface area contributed by atoms with E-state index in [0.717, 1.165) is 38.5 Å². The largest absolute Gasteiger partial charge is 0.472 e. The molecule has 0 radical (unpaired) electrons. The molecule has 0 aliphatic heterocycles. The van der Waals surface area contributed by atoms with Crippen LogP contribution in [0.2, 0.25) is 0 Å². The molecule has 0 aliphatic rings. The number of hydrogen-bond acceptors (Lipinski definition) is 10. The van der Waals surface area contributed by atoms with E-state index in [-0.39, 0.29) is 19.4 Å². The highest BCUT2D eigenvalue weighted by molar-refractivity contribution is 7.47. The highest BCUT2D eigenvalue weighted by Gasteiger charge is 2.32. The number of phosphoric ester groups is 1. The maximum Gasteiger partial charge on any atom is 0.472 e. The number of esters is 2. The molecule has 4 N–H and O–H groups in total. The Hall–Kier alpha value is -1.07. The van der Waals surface area contributed by atoms with Gasteiger partial charge in [0.05, 0.1) is 19.8 Å². The van der Waals surface area contributed by atoms with Crippen molar-refractivity contribution in [3.05, 3.63) is 0 Å². The molecule has 51 heavy (non-hydrogen) atoms. The summed E-state index contributed by atoms with van der Waals surface area (Å²) in [7, 11) is -4.83. The van der Waals surface area contributed by atoms with Crippen molar-refractivity contribution in [2.45, 2.75) is 212 Å². The summed E-state index contributed by atoms with van der Waals surface area (Å²) in [6.45, 7) is 1.85. The minimum Gasteiger partial charge on any atom is -0.462 e. The van der Waals surface area contributed by atoms with Gasteiger partial charge in [0.15, 0.2) is 6.10 Å². The van der Waals surface area contributed by atoms with Gasteiger partial charge in [0.1, 0.15) is 18.8 Å². The molecule has 0 spiro atoms. The van der Waals surface area contributed by atoms with E-state index in [1.165, 1.54) is 116 Å². The molecule has 304 valence electrons. The van der Waals surface area contributed by atoms with Crippen LogP contribution in [0, 0.1) is 0 Å². The SMILES string of the molecule is CCCCCCCCCCCCCCCC(=O)OC[C@H](COP(=O)(O)O[C@H](CO)[C@H](O)CO)OC(=O)CCCCCCCCCCCCCCC. The zero-order valence-electron chi connectivity index (χ0n) is 32.5. The molecule has 0 amide bonds. The first-order valence-corrected chi connectivity index (χ1v) is 22.1. The monoisotopic (exact) mass is 753 g/mol. The summed E-state index contributed by atoms with van der Waals surface area (Å²) in [4.78, 5) is 35.1. The van der Waals surface area contributed by atoms with Crippen molar-refractivity contribution < 1.29 is 52.9 Å². The zero-order chi connectivity index (χ0) is 37.8. The van der Waals surface area contributed by atoms with E-state index in [0.29, 0.717) is 12.8 Å². The Balaban J connectivity index is 4.48. The number of ether oxygens (including phenoxy) is 2. The van der Waals surface area contributed by atoms with Crippen molar-refractivity contribution in [3.63, 3.8) is 0 Å². The van der Waals surface area contributed by atoms with E-state index in [1.807, 2.05) is 0 Å². The van der Waals surface area contributed by atoms with Crippen LogP contribution in [0.25, 0.3) is 0 Å². The number of carbonyl (C=O) groups is 2. The Kier molecular flexibility index (Phi) is 35.2. The second kappa shape index (κ2) is 35.9. The van der Waals surface area contributed by atoms with E-state index >= 15 is 0 Å². The summed E-state index contributed by atoms with van der Waals surface area (Å²) in [5.41, 5.74) is 0. The minimum absolute atomic E-state index is 0.156. The number of unbranched alkanes of at least 4 members (excludes halogenated alkanes) is 24. The third kappa shape index (κ3) is 33.3. The van der Waals surface area contributed by atoms with Gasteiger partial charge in [-0.15, -0.1) is 0 Å². The lowest BCUT2D eigenvalue weighted by molar-refractivity contribution is -0.161. The van der Waals surface area contributed by atoms with Crippen LogP contribution < -0.4 is 0 Å². The van der Waals surface area contributed by atoms with Gasteiger partial charge in [-0.1, -0.05) is 168 Å². The second-order valence-electron chi connectivity index (χ2n) is 14.1. The Morgan fingerprint density at radius 2 is 0.922 bits per heavy atom. The molecule has 0 aliphatic carbocycles.